The molecule has 2 rings (SSSR count). The van der Waals surface area contributed by atoms with E-state index < -0.39 is 23.6 Å². The number of nitrogens with zero attached hydrogens (tertiary/aromatic N) is 1. The van der Waals surface area contributed by atoms with Gasteiger partial charge in [-0.15, -0.1) is 0 Å². The zero-order valence-corrected chi connectivity index (χ0v) is 10.8. The molecule has 0 radical (unpaired) electrons. The van der Waals surface area contributed by atoms with Crippen molar-refractivity contribution in [1.82, 2.24) is 9.88 Å². The van der Waals surface area contributed by atoms with Crippen molar-refractivity contribution in [2.24, 2.45) is 7.05 Å². The minimum atomic E-state index is -1.08. The number of hydrogen-bond acceptors (Lipinski definition) is 2. The van der Waals surface area contributed by atoms with E-state index in [2.05, 4.69) is 5.32 Å². The first-order chi connectivity index (χ1) is 9.49. The van der Waals surface area contributed by atoms with E-state index in [-0.39, 0.29) is 12.1 Å². The fourth-order valence-electron chi connectivity index (χ4n) is 1.85. The smallest absolute Gasteiger partial charge is 0.251 e. The van der Waals surface area contributed by atoms with Crippen LogP contribution in [0.25, 0.3) is 0 Å². The molecule has 1 amide bonds. The summed E-state index contributed by atoms with van der Waals surface area (Å²) in [6, 6.07) is 6.39. The third kappa shape index (κ3) is 3.03. The molecule has 106 valence electrons. The Hall–Kier alpha value is -2.21. The largest absolute Gasteiger partial charge is 0.385 e. The highest BCUT2D eigenvalue weighted by molar-refractivity contribution is 5.94. The normalized spacial score (nSPS) is 12.2. The Morgan fingerprint density at radius 3 is 2.70 bits per heavy atom. The molecule has 1 aromatic carbocycles. The average molecular weight is 280 g/mol. The van der Waals surface area contributed by atoms with E-state index in [1.165, 1.54) is 6.07 Å². The lowest BCUT2D eigenvalue weighted by Crippen LogP contribution is -2.29. The van der Waals surface area contributed by atoms with E-state index >= 15 is 0 Å². The van der Waals surface area contributed by atoms with Crippen LogP contribution in [0.3, 0.4) is 0 Å². The molecule has 2 aromatic rings. The number of rotatable bonds is 4. The summed E-state index contributed by atoms with van der Waals surface area (Å²) in [4.78, 5) is 11.7. The Labute approximate surface area is 114 Å². The van der Waals surface area contributed by atoms with Crippen LogP contribution in [-0.2, 0) is 7.05 Å². The minimum Gasteiger partial charge on any atom is -0.385 e. The number of aliphatic hydroxyl groups excluding tert-OH is 1. The molecule has 1 heterocycles. The van der Waals surface area contributed by atoms with Gasteiger partial charge in [-0.3, -0.25) is 4.79 Å². The topological polar surface area (TPSA) is 54.3 Å². The summed E-state index contributed by atoms with van der Waals surface area (Å²) in [5, 5.41) is 12.4. The van der Waals surface area contributed by atoms with Gasteiger partial charge >= 0.3 is 0 Å². The SMILES string of the molecule is Cn1cccc1[C@@H](O)CNC(=O)c1ccc(F)c(F)c1. The summed E-state index contributed by atoms with van der Waals surface area (Å²) in [7, 11) is 1.77. The number of aliphatic hydroxyl groups is 1. The molecule has 0 fully saturated rings. The van der Waals surface area contributed by atoms with Gasteiger partial charge in [0.25, 0.3) is 5.91 Å². The van der Waals surface area contributed by atoms with Gasteiger partial charge in [-0.1, -0.05) is 0 Å². The molecule has 0 saturated carbocycles. The van der Waals surface area contributed by atoms with E-state index in [1.54, 1.807) is 29.9 Å². The van der Waals surface area contributed by atoms with Crippen molar-refractivity contribution < 1.29 is 18.7 Å². The highest BCUT2D eigenvalue weighted by atomic mass is 19.2. The highest BCUT2D eigenvalue weighted by Crippen LogP contribution is 2.12. The lowest BCUT2D eigenvalue weighted by Gasteiger charge is -2.13. The molecule has 0 spiro atoms. The Kier molecular flexibility index (Phi) is 4.14. The number of halogens is 2. The maximum Gasteiger partial charge on any atom is 0.251 e. The zero-order valence-electron chi connectivity index (χ0n) is 10.8. The van der Waals surface area contributed by atoms with Crippen molar-refractivity contribution in [3.05, 3.63) is 59.4 Å². The number of carbonyl (C=O) groups is 1. The first-order valence-electron chi connectivity index (χ1n) is 6.01. The first kappa shape index (κ1) is 14.2. The van der Waals surface area contributed by atoms with Crippen LogP contribution in [0.2, 0.25) is 0 Å². The molecule has 2 N–H and O–H groups in total. The second-order valence-corrected chi connectivity index (χ2v) is 4.40. The monoisotopic (exact) mass is 280 g/mol. The predicted octanol–water partition coefficient (Wildman–Crippen LogP) is 1.77. The summed E-state index contributed by atoms with van der Waals surface area (Å²) in [6.45, 7) is -0.0182. The Morgan fingerprint density at radius 2 is 2.10 bits per heavy atom. The van der Waals surface area contributed by atoms with Gasteiger partial charge in [-0.05, 0) is 30.3 Å². The molecular formula is C14H14F2N2O2. The van der Waals surface area contributed by atoms with Gasteiger partial charge in [0.15, 0.2) is 11.6 Å². The van der Waals surface area contributed by atoms with Crippen LogP contribution in [0, 0.1) is 11.6 Å². The van der Waals surface area contributed by atoms with Gasteiger partial charge in [-0.25, -0.2) is 8.78 Å². The van der Waals surface area contributed by atoms with Crippen LogP contribution >= 0.6 is 0 Å². The van der Waals surface area contributed by atoms with Gasteiger partial charge in [0.05, 0.1) is 0 Å². The van der Waals surface area contributed by atoms with Crippen LogP contribution in [0.1, 0.15) is 22.2 Å². The van der Waals surface area contributed by atoms with Crippen molar-refractivity contribution in [3.8, 4) is 0 Å². The van der Waals surface area contributed by atoms with Gasteiger partial charge in [0.1, 0.15) is 6.10 Å². The molecule has 4 nitrogen and oxygen atoms in total. The third-order valence-corrected chi connectivity index (χ3v) is 2.96. The molecule has 0 unspecified atom stereocenters. The van der Waals surface area contributed by atoms with Crippen LogP contribution in [0.15, 0.2) is 36.5 Å². The maximum absolute atomic E-state index is 13.0. The summed E-state index contributed by atoms with van der Waals surface area (Å²) < 4.78 is 27.5. The summed E-state index contributed by atoms with van der Waals surface area (Å²) in [5.74, 6) is -2.66. The second-order valence-electron chi connectivity index (χ2n) is 4.40. The Morgan fingerprint density at radius 1 is 1.35 bits per heavy atom. The molecule has 6 heteroatoms. The number of benzene rings is 1. The van der Waals surface area contributed by atoms with Gasteiger partial charge in [-0.2, -0.15) is 0 Å². The van der Waals surface area contributed by atoms with Gasteiger partial charge < -0.3 is 15.0 Å². The molecule has 0 bridgehead atoms. The van der Waals surface area contributed by atoms with Crippen molar-refractivity contribution in [2.45, 2.75) is 6.10 Å². The molecular weight excluding hydrogens is 266 g/mol. The number of aromatic nitrogens is 1. The van der Waals surface area contributed by atoms with Crippen molar-refractivity contribution >= 4 is 5.91 Å². The molecule has 0 aliphatic carbocycles. The molecule has 0 aliphatic rings. The maximum atomic E-state index is 13.0. The standard InChI is InChI=1S/C14H14F2N2O2/c1-18-6-2-3-12(18)13(19)8-17-14(20)9-4-5-10(15)11(16)7-9/h2-7,13,19H,8H2,1H3,(H,17,20)/t13-/m0/s1. The molecule has 0 saturated heterocycles. The van der Waals surface area contributed by atoms with Crippen LogP contribution in [0.5, 0.6) is 0 Å². The number of aryl methyl sites for hydroxylation is 1. The van der Waals surface area contributed by atoms with Gasteiger partial charge in [0.2, 0.25) is 0 Å². The minimum absolute atomic E-state index is 0.00276. The highest BCUT2D eigenvalue weighted by Gasteiger charge is 2.14. The Balaban J connectivity index is 1.98. The molecule has 0 aliphatic heterocycles. The lowest BCUT2D eigenvalue weighted by atomic mass is 10.2. The summed E-state index contributed by atoms with van der Waals surface area (Å²) >= 11 is 0. The van der Waals surface area contributed by atoms with Gasteiger partial charge in [0, 0.05) is 31.0 Å². The summed E-state index contributed by atoms with van der Waals surface area (Å²) in [6.07, 6.45) is 0.902. The van der Waals surface area contributed by atoms with Crippen LogP contribution in [0.4, 0.5) is 8.78 Å². The summed E-state index contributed by atoms with van der Waals surface area (Å²) in [5.41, 5.74) is 0.651. The van der Waals surface area contributed by atoms with Crippen molar-refractivity contribution in [1.29, 1.82) is 0 Å². The van der Waals surface area contributed by atoms with E-state index in [4.69, 9.17) is 0 Å². The van der Waals surface area contributed by atoms with E-state index in [0.717, 1.165) is 12.1 Å². The number of carbonyl (C=O) groups excluding carboxylic acids is 1. The Bertz CT molecular complexity index is 625. The van der Waals surface area contributed by atoms with Crippen LogP contribution in [-0.4, -0.2) is 22.1 Å². The van der Waals surface area contributed by atoms with E-state index in [9.17, 15) is 18.7 Å². The predicted molar refractivity (Wildman–Crippen MR) is 69.1 cm³/mol. The second kappa shape index (κ2) is 5.83. The molecule has 20 heavy (non-hydrogen) atoms. The fourth-order valence-corrected chi connectivity index (χ4v) is 1.85. The average Bonchev–Trinajstić information content (AvgIpc) is 2.85. The van der Waals surface area contributed by atoms with Crippen molar-refractivity contribution in [3.63, 3.8) is 0 Å². The number of nitrogens with one attached hydrogen (secondary N) is 1. The fraction of sp³-hybridized carbons (Fsp3) is 0.214. The first-order valence-corrected chi connectivity index (χ1v) is 6.01. The van der Waals surface area contributed by atoms with E-state index in [1.807, 2.05) is 0 Å². The number of hydrogen-bond donors (Lipinski definition) is 2. The lowest BCUT2D eigenvalue weighted by molar-refractivity contribution is 0.0912. The zero-order chi connectivity index (χ0) is 14.7. The molecule has 1 atom stereocenters. The quantitative estimate of drug-likeness (QED) is 0.896. The van der Waals surface area contributed by atoms with E-state index in [0.29, 0.717) is 5.69 Å². The number of amides is 1. The van der Waals surface area contributed by atoms with Crippen LogP contribution < -0.4 is 5.32 Å². The van der Waals surface area contributed by atoms with Crippen molar-refractivity contribution in [2.75, 3.05) is 6.54 Å². The molecule has 1 aromatic heterocycles. The third-order valence-electron chi connectivity index (χ3n) is 2.96.